The number of aromatic amines is 1. The predicted molar refractivity (Wildman–Crippen MR) is 77.1 cm³/mol. The lowest BCUT2D eigenvalue weighted by Crippen LogP contribution is -2.49. The van der Waals surface area contributed by atoms with E-state index in [4.69, 9.17) is 0 Å². The van der Waals surface area contributed by atoms with Crippen molar-refractivity contribution >= 4 is 5.97 Å². The SMILES string of the molecule is Cc1[nH]c(C23CC4CC(CC(C4)C2)C3)c(C)c1C(=O)O. The Labute approximate surface area is 119 Å². The monoisotopic (exact) mass is 273 g/mol. The number of aromatic carboxylic acids is 1. The molecule has 0 aromatic carbocycles. The highest BCUT2D eigenvalue weighted by molar-refractivity contribution is 5.91. The summed E-state index contributed by atoms with van der Waals surface area (Å²) in [6.07, 6.45) is 8.09. The van der Waals surface area contributed by atoms with Crippen LogP contribution in [0.2, 0.25) is 0 Å². The highest BCUT2D eigenvalue weighted by Crippen LogP contribution is 2.61. The molecule has 5 rings (SSSR count). The predicted octanol–water partition coefficient (Wildman–Crippen LogP) is 3.80. The van der Waals surface area contributed by atoms with Crippen LogP contribution in [-0.4, -0.2) is 16.1 Å². The molecule has 0 aliphatic heterocycles. The smallest absolute Gasteiger partial charge is 0.337 e. The molecule has 0 unspecified atom stereocenters. The van der Waals surface area contributed by atoms with Crippen LogP contribution in [0.3, 0.4) is 0 Å². The fourth-order valence-corrected chi connectivity index (χ4v) is 6.02. The van der Waals surface area contributed by atoms with Gasteiger partial charge in [0, 0.05) is 16.8 Å². The Morgan fingerprint density at radius 1 is 1.10 bits per heavy atom. The first-order valence-electron chi connectivity index (χ1n) is 7.91. The average molecular weight is 273 g/mol. The minimum atomic E-state index is -0.785. The molecule has 0 spiro atoms. The summed E-state index contributed by atoms with van der Waals surface area (Å²) < 4.78 is 0. The Morgan fingerprint density at radius 2 is 1.60 bits per heavy atom. The zero-order valence-electron chi connectivity index (χ0n) is 12.3. The number of carbonyl (C=O) groups is 1. The maximum absolute atomic E-state index is 11.5. The number of nitrogens with one attached hydrogen (secondary N) is 1. The number of carboxylic acid groups (broad SMARTS) is 1. The van der Waals surface area contributed by atoms with Gasteiger partial charge in [-0.2, -0.15) is 0 Å². The van der Waals surface area contributed by atoms with Gasteiger partial charge in [-0.1, -0.05) is 0 Å². The number of H-pyrrole nitrogens is 1. The van der Waals surface area contributed by atoms with Crippen molar-refractivity contribution in [3.63, 3.8) is 0 Å². The summed E-state index contributed by atoms with van der Waals surface area (Å²) in [5, 5.41) is 9.42. The molecule has 3 nitrogen and oxygen atoms in total. The van der Waals surface area contributed by atoms with E-state index in [1.807, 2.05) is 13.8 Å². The Morgan fingerprint density at radius 3 is 2.00 bits per heavy atom. The average Bonchev–Trinajstić information content (AvgIpc) is 2.63. The van der Waals surface area contributed by atoms with Crippen molar-refractivity contribution in [2.75, 3.05) is 0 Å². The fraction of sp³-hybridized carbons (Fsp3) is 0.706. The van der Waals surface area contributed by atoms with Crippen molar-refractivity contribution in [1.82, 2.24) is 4.98 Å². The van der Waals surface area contributed by atoms with Gasteiger partial charge in [-0.3, -0.25) is 0 Å². The molecule has 2 N–H and O–H groups in total. The third-order valence-corrected chi connectivity index (χ3v) is 6.22. The molecule has 108 valence electrons. The summed E-state index contributed by atoms with van der Waals surface area (Å²) in [4.78, 5) is 14.9. The van der Waals surface area contributed by atoms with Crippen molar-refractivity contribution in [3.8, 4) is 0 Å². The van der Waals surface area contributed by atoms with Gasteiger partial charge in [0.1, 0.15) is 0 Å². The van der Waals surface area contributed by atoms with E-state index in [-0.39, 0.29) is 5.41 Å². The van der Waals surface area contributed by atoms with Crippen LogP contribution in [0, 0.1) is 31.6 Å². The third kappa shape index (κ3) is 1.55. The molecular weight excluding hydrogens is 250 g/mol. The van der Waals surface area contributed by atoms with Crippen molar-refractivity contribution < 1.29 is 9.90 Å². The Bertz CT molecular complexity index is 549. The molecule has 4 aliphatic rings. The van der Waals surface area contributed by atoms with Gasteiger partial charge in [-0.15, -0.1) is 0 Å². The van der Waals surface area contributed by atoms with Crippen molar-refractivity contribution in [2.24, 2.45) is 17.8 Å². The lowest BCUT2D eigenvalue weighted by atomic mass is 9.48. The van der Waals surface area contributed by atoms with Crippen molar-refractivity contribution in [2.45, 2.75) is 57.8 Å². The van der Waals surface area contributed by atoms with E-state index in [1.54, 1.807) is 0 Å². The number of carboxylic acids is 1. The second kappa shape index (κ2) is 3.90. The van der Waals surface area contributed by atoms with E-state index in [0.717, 1.165) is 29.0 Å². The van der Waals surface area contributed by atoms with E-state index in [0.29, 0.717) is 5.56 Å². The molecule has 1 aromatic heterocycles. The number of rotatable bonds is 2. The van der Waals surface area contributed by atoms with E-state index in [9.17, 15) is 9.90 Å². The van der Waals surface area contributed by atoms with Crippen LogP contribution < -0.4 is 0 Å². The van der Waals surface area contributed by atoms with E-state index < -0.39 is 5.97 Å². The summed E-state index contributed by atoms with van der Waals surface area (Å²) in [5.74, 6) is 1.87. The maximum atomic E-state index is 11.5. The normalized spacial score (nSPS) is 38.4. The molecule has 4 aliphatic carbocycles. The van der Waals surface area contributed by atoms with Crippen LogP contribution in [0.15, 0.2) is 0 Å². The van der Waals surface area contributed by atoms with Crippen molar-refractivity contribution in [3.05, 3.63) is 22.5 Å². The number of aryl methyl sites for hydroxylation is 1. The Balaban J connectivity index is 1.81. The summed E-state index contributed by atoms with van der Waals surface area (Å²) in [7, 11) is 0. The minimum Gasteiger partial charge on any atom is -0.478 e. The molecule has 0 radical (unpaired) electrons. The van der Waals surface area contributed by atoms with Crippen LogP contribution in [0.4, 0.5) is 0 Å². The van der Waals surface area contributed by atoms with Gasteiger partial charge < -0.3 is 10.1 Å². The zero-order chi connectivity index (χ0) is 14.1. The summed E-state index contributed by atoms with van der Waals surface area (Å²) in [5.41, 5.74) is 3.86. The van der Waals surface area contributed by atoms with Gasteiger partial charge in [0.05, 0.1) is 5.56 Å². The second-order valence-corrected chi connectivity index (χ2v) is 7.63. The van der Waals surface area contributed by atoms with Crippen LogP contribution >= 0.6 is 0 Å². The highest BCUT2D eigenvalue weighted by atomic mass is 16.4. The van der Waals surface area contributed by atoms with Gasteiger partial charge in [0.15, 0.2) is 0 Å². The number of aromatic nitrogens is 1. The standard InChI is InChI=1S/C17H23NO2/c1-9-14(16(19)20)10(2)18-15(9)17-6-11-3-12(7-17)5-13(4-11)8-17/h11-13,18H,3-8H2,1-2H3,(H,19,20). The third-order valence-electron chi connectivity index (χ3n) is 6.22. The molecule has 4 saturated carbocycles. The summed E-state index contributed by atoms with van der Waals surface area (Å²) in [6, 6.07) is 0. The quantitative estimate of drug-likeness (QED) is 0.861. The molecule has 1 aromatic rings. The Kier molecular flexibility index (Phi) is 2.43. The molecule has 0 atom stereocenters. The first kappa shape index (κ1) is 12.5. The molecule has 20 heavy (non-hydrogen) atoms. The second-order valence-electron chi connectivity index (χ2n) is 7.63. The van der Waals surface area contributed by atoms with Gasteiger partial charge in [0.2, 0.25) is 0 Å². The molecule has 4 bridgehead atoms. The molecule has 4 fully saturated rings. The van der Waals surface area contributed by atoms with Gasteiger partial charge in [0.25, 0.3) is 0 Å². The van der Waals surface area contributed by atoms with Crippen LogP contribution in [-0.2, 0) is 5.41 Å². The lowest BCUT2D eigenvalue weighted by molar-refractivity contribution is -0.00729. The van der Waals surface area contributed by atoms with Crippen LogP contribution in [0.5, 0.6) is 0 Å². The highest BCUT2D eigenvalue weighted by Gasteiger charge is 2.53. The summed E-state index contributed by atoms with van der Waals surface area (Å²) >= 11 is 0. The first-order valence-corrected chi connectivity index (χ1v) is 7.91. The van der Waals surface area contributed by atoms with Crippen LogP contribution in [0.1, 0.15) is 65.8 Å². The van der Waals surface area contributed by atoms with Crippen LogP contribution in [0.25, 0.3) is 0 Å². The molecule has 0 saturated heterocycles. The van der Waals surface area contributed by atoms with E-state index in [1.165, 1.54) is 44.2 Å². The van der Waals surface area contributed by atoms with E-state index >= 15 is 0 Å². The number of hydrogen-bond donors (Lipinski definition) is 2. The zero-order valence-corrected chi connectivity index (χ0v) is 12.3. The summed E-state index contributed by atoms with van der Waals surface area (Å²) in [6.45, 7) is 3.90. The maximum Gasteiger partial charge on any atom is 0.337 e. The molecular formula is C17H23NO2. The topological polar surface area (TPSA) is 53.1 Å². The van der Waals surface area contributed by atoms with Gasteiger partial charge >= 0.3 is 5.97 Å². The van der Waals surface area contributed by atoms with Crippen molar-refractivity contribution in [1.29, 1.82) is 0 Å². The van der Waals surface area contributed by atoms with E-state index in [2.05, 4.69) is 4.98 Å². The molecule has 3 heteroatoms. The first-order chi connectivity index (χ1) is 9.48. The Hall–Kier alpha value is -1.25. The molecule has 0 amide bonds. The van der Waals surface area contributed by atoms with Gasteiger partial charge in [-0.05, 0) is 75.7 Å². The largest absolute Gasteiger partial charge is 0.478 e. The minimum absolute atomic E-state index is 0.261. The molecule has 1 heterocycles. The number of hydrogen-bond acceptors (Lipinski definition) is 1. The van der Waals surface area contributed by atoms with Gasteiger partial charge in [-0.25, -0.2) is 4.79 Å². The lowest BCUT2D eigenvalue weighted by Gasteiger charge is -2.56. The fourth-order valence-electron chi connectivity index (χ4n) is 6.02.